The monoisotopic (exact) mass is 366 g/mol. The summed E-state index contributed by atoms with van der Waals surface area (Å²) in [6.45, 7) is 2.73. The van der Waals surface area contributed by atoms with Crippen LogP contribution in [-0.4, -0.2) is 47.5 Å². The lowest BCUT2D eigenvalue weighted by Crippen LogP contribution is -2.40. The quantitative estimate of drug-likeness (QED) is 0.710. The van der Waals surface area contributed by atoms with Gasteiger partial charge in [-0.3, -0.25) is 4.79 Å². The number of carbonyl (C=O) groups is 1. The number of aliphatic hydroxyl groups is 1. The normalized spacial score (nSPS) is 22.1. The molecule has 140 valence electrons. The highest BCUT2D eigenvalue weighted by Gasteiger charge is 2.34. The number of nitrogens with zero attached hydrogens (tertiary/aromatic N) is 5. The first kappa shape index (κ1) is 17.4. The third kappa shape index (κ3) is 3.75. The van der Waals surface area contributed by atoms with E-state index in [-0.39, 0.29) is 11.9 Å². The lowest BCUT2D eigenvalue weighted by atomic mass is 10.1. The largest absolute Gasteiger partial charge is 0.391 e. The van der Waals surface area contributed by atoms with E-state index < -0.39 is 6.10 Å². The molecule has 1 fully saturated rings. The summed E-state index contributed by atoms with van der Waals surface area (Å²) in [6, 6.07) is 5.22. The highest BCUT2D eigenvalue weighted by molar-refractivity contribution is 5.94. The molecule has 4 rings (SSSR count). The summed E-state index contributed by atoms with van der Waals surface area (Å²) in [5.41, 5.74) is 2.38. The highest BCUT2D eigenvalue weighted by Crippen LogP contribution is 2.28. The maximum absolute atomic E-state index is 12.6. The van der Waals surface area contributed by atoms with E-state index in [0.717, 1.165) is 24.2 Å². The average molecular weight is 366 g/mol. The van der Waals surface area contributed by atoms with Crippen molar-refractivity contribution in [3.05, 3.63) is 60.7 Å². The second kappa shape index (κ2) is 7.32. The van der Waals surface area contributed by atoms with E-state index in [4.69, 9.17) is 0 Å². The van der Waals surface area contributed by atoms with Gasteiger partial charge in [-0.1, -0.05) is 0 Å². The number of aromatic nitrogens is 5. The summed E-state index contributed by atoms with van der Waals surface area (Å²) >= 11 is 0. The number of carbonyl (C=O) groups excluding carboxylic acids is 1. The zero-order valence-corrected chi connectivity index (χ0v) is 15.1. The van der Waals surface area contributed by atoms with Crippen molar-refractivity contribution < 1.29 is 9.90 Å². The Morgan fingerprint density at radius 2 is 2.19 bits per heavy atom. The maximum Gasteiger partial charge on any atom is 0.251 e. The Hall–Kier alpha value is -3.00. The smallest absolute Gasteiger partial charge is 0.251 e. The van der Waals surface area contributed by atoms with E-state index in [9.17, 15) is 9.90 Å². The number of imidazole rings is 1. The van der Waals surface area contributed by atoms with Gasteiger partial charge in [0.25, 0.3) is 5.91 Å². The summed E-state index contributed by atoms with van der Waals surface area (Å²) in [4.78, 5) is 20.6. The van der Waals surface area contributed by atoms with E-state index in [1.807, 2.05) is 29.8 Å². The lowest BCUT2D eigenvalue weighted by molar-refractivity contribution is 0.0872. The first-order valence-corrected chi connectivity index (χ1v) is 9.00. The van der Waals surface area contributed by atoms with E-state index in [1.54, 1.807) is 29.6 Å². The summed E-state index contributed by atoms with van der Waals surface area (Å²) in [5, 5.41) is 17.5. The van der Waals surface area contributed by atoms with E-state index in [1.165, 1.54) is 6.33 Å². The first-order chi connectivity index (χ1) is 13.1. The molecule has 0 bridgehead atoms. The van der Waals surface area contributed by atoms with E-state index >= 15 is 0 Å². The molecule has 1 aromatic carbocycles. The van der Waals surface area contributed by atoms with Gasteiger partial charge in [-0.15, -0.1) is 0 Å². The SMILES string of the molecule is Cc1cc(C(=O)N[C@@H]2CC(Cn3ccnc3)C[C@H]2O)ccc1-n1cncn1. The number of amides is 1. The Bertz CT molecular complexity index is 906. The Kier molecular flexibility index (Phi) is 4.72. The minimum Gasteiger partial charge on any atom is -0.391 e. The third-order valence-electron chi connectivity index (χ3n) is 5.10. The molecule has 0 spiro atoms. The van der Waals surface area contributed by atoms with Crippen LogP contribution in [0.15, 0.2) is 49.6 Å². The van der Waals surface area contributed by atoms with Gasteiger partial charge in [-0.2, -0.15) is 5.10 Å². The van der Waals surface area contributed by atoms with Crippen LogP contribution in [0.4, 0.5) is 0 Å². The molecular formula is C19H22N6O2. The molecule has 8 nitrogen and oxygen atoms in total. The van der Waals surface area contributed by atoms with Crippen LogP contribution in [0.3, 0.4) is 0 Å². The van der Waals surface area contributed by atoms with Gasteiger partial charge in [0, 0.05) is 24.5 Å². The number of hydrogen-bond acceptors (Lipinski definition) is 5. The minimum absolute atomic E-state index is 0.171. The Morgan fingerprint density at radius 3 is 2.89 bits per heavy atom. The predicted molar refractivity (Wildman–Crippen MR) is 98.3 cm³/mol. The number of benzene rings is 1. The molecular weight excluding hydrogens is 344 g/mol. The van der Waals surface area contributed by atoms with Crippen molar-refractivity contribution in [2.75, 3.05) is 0 Å². The molecule has 1 aliphatic rings. The standard InChI is InChI=1S/C19H22N6O2/c1-13-6-15(2-3-17(13)25-12-21-10-22-25)19(27)23-16-7-14(8-18(16)26)9-24-5-4-20-11-24/h2-6,10-12,14,16,18,26H,7-9H2,1H3,(H,23,27)/t14?,16-,18-/m1/s1. The van der Waals surface area contributed by atoms with Crippen molar-refractivity contribution in [2.45, 2.75) is 38.5 Å². The van der Waals surface area contributed by atoms with E-state index in [0.29, 0.717) is 17.9 Å². The molecule has 2 aromatic heterocycles. The fourth-order valence-electron chi connectivity index (χ4n) is 3.75. The van der Waals surface area contributed by atoms with Crippen LogP contribution in [0.5, 0.6) is 0 Å². The van der Waals surface area contributed by atoms with Gasteiger partial charge >= 0.3 is 0 Å². The van der Waals surface area contributed by atoms with Crippen molar-refractivity contribution in [1.29, 1.82) is 0 Å². The van der Waals surface area contributed by atoms with Crippen LogP contribution in [0.25, 0.3) is 5.69 Å². The van der Waals surface area contributed by atoms with Crippen molar-refractivity contribution in [3.63, 3.8) is 0 Å². The number of aryl methyl sites for hydroxylation is 1. The summed E-state index contributed by atoms with van der Waals surface area (Å²) in [5.74, 6) is 0.145. The van der Waals surface area contributed by atoms with E-state index in [2.05, 4.69) is 20.4 Å². The average Bonchev–Trinajstić information content (AvgIpc) is 3.39. The zero-order valence-electron chi connectivity index (χ0n) is 15.1. The zero-order chi connectivity index (χ0) is 18.8. The van der Waals surface area contributed by atoms with Crippen LogP contribution in [0, 0.1) is 12.8 Å². The van der Waals surface area contributed by atoms with Crippen LogP contribution in [0.2, 0.25) is 0 Å². The van der Waals surface area contributed by atoms with Crippen molar-refractivity contribution in [1.82, 2.24) is 29.6 Å². The Labute approximate surface area is 156 Å². The molecule has 2 heterocycles. The van der Waals surface area contributed by atoms with Crippen LogP contribution in [0.1, 0.15) is 28.8 Å². The molecule has 2 N–H and O–H groups in total. The van der Waals surface area contributed by atoms with Gasteiger partial charge in [-0.25, -0.2) is 14.6 Å². The van der Waals surface area contributed by atoms with Gasteiger partial charge in [0.2, 0.25) is 0 Å². The van der Waals surface area contributed by atoms with Gasteiger partial charge in [0.05, 0.1) is 24.2 Å². The van der Waals surface area contributed by atoms with Gasteiger partial charge in [0.1, 0.15) is 12.7 Å². The van der Waals surface area contributed by atoms with Crippen LogP contribution >= 0.6 is 0 Å². The Balaban J connectivity index is 1.41. The second-order valence-corrected chi connectivity index (χ2v) is 7.09. The van der Waals surface area contributed by atoms with Gasteiger partial charge in [-0.05, 0) is 49.4 Å². The first-order valence-electron chi connectivity index (χ1n) is 9.00. The molecule has 1 unspecified atom stereocenters. The second-order valence-electron chi connectivity index (χ2n) is 7.09. The number of rotatable bonds is 5. The fraction of sp³-hybridized carbons (Fsp3) is 0.368. The van der Waals surface area contributed by atoms with Crippen LogP contribution < -0.4 is 5.32 Å². The molecule has 8 heteroatoms. The summed E-state index contributed by atoms with van der Waals surface area (Å²) in [6.07, 6.45) is 9.43. The van der Waals surface area contributed by atoms with Crippen molar-refractivity contribution in [3.8, 4) is 5.69 Å². The Morgan fingerprint density at radius 1 is 1.30 bits per heavy atom. The highest BCUT2D eigenvalue weighted by atomic mass is 16.3. The molecule has 1 aliphatic carbocycles. The van der Waals surface area contributed by atoms with Crippen molar-refractivity contribution >= 4 is 5.91 Å². The number of aliphatic hydroxyl groups excluding tert-OH is 1. The molecule has 0 saturated heterocycles. The maximum atomic E-state index is 12.6. The topological polar surface area (TPSA) is 97.9 Å². The van der Waals surface area contributed by atoms with Gasteiger partial charge in [0.15, 0.2) is 0 Å². The van der Waals surface area contributed by atoms with Crippen molar-refractivity contribution in [2.24, 2.45) is 5.92 Å². The number of nitrogens with one attached hydrogen (secondary N) is 1. The molecule has 0 aliphatic heterocycles. The molecule has 1 saturated carbocycles. The molecule has 1 amide bonds. The predicted octanol–water partition coefficient (Wildman–Crippen LogP) is 1.34. The minimum atomic E-state index is -0.530. The summed E-state index contributed by atoms with van der Waals surface area (Å²) < 4.78 is 3.67. The fourth-order valence-corrected chi connectivity index (χ4v) is 3.75. The van der Waals surface area contributed by atoms with Gasteiger partial charge < -0.3 is 15.0 Å². The molecule has 0 radical (unpaired) electrons. The lowest BCUT2D eigenvalue weighted by Gasteiger charge is -2.17. The third-order valence-corrected chi connectivity index (χ3v) is 5.10. The number of hydrogen-bond donors (Lipinski definition) is 2. The molecule has 3 atom stereocenters. The van der Waals surface area contributed by atoms with Crippen LogP contribution in [-0.2, 0) is 6.54 Å². The summed E-state index contributed by atoms with van der Waals surface area (Å²) in [7, 11) is 0. The molecule has 27 heavy (non-hydrogen) atoms. The molecule has 3 aromatic rings.